The summed E-state index contributed by atoms with van der Waals surface area (Å²) < 4.78 is 47.3. The van der Waals surface area contributed by atoms with Gasteiger partial charge in [0, 0.05) is 44.5 Å². The van der Waals surface area contributed by atoms with Gasteiger partial charge in [0.1, 0.15) is 12.4 Å². The van der Waals surface area contributed by atoms with Gasteiger partial charge in [-0.2, -0.15) is 0 Å². The number of nitrogens with one attached hydrogen (secondary N) is 1. The van der Waals surface area contributed by atoms with E-state index < -0.39 is 21.2 Å². The Morgan fingerprint density at radius 2 is 1.93 bits per heavy atom. The van der Waals surface area contributed by atoms with E-state index in [0.717, 1.165) is 56.4 Å². The first-order valence-electron chi connectivity index (χ1n) is 15.7. The Morgan fingerprint density at radius 3 is 2.68 bits per heavy atom. The van der Waals surface area contributed by atoms with E-state index in [9.17, 15) is 13.2 Å². The molecule has 8 nitrogen and oxygen atoms in total. The highest BCUT2D eigenvalue weighted by Crippen LogP contribution is 2.41. The van der Waals surface area contributed by atoms with E-state index in [-0.39, 0.29) is 30.6 Å². The Hall–Kier alpha value is -2.59. The van der Waals surface area contributed by atoms with Gasteiger partial charge in [0.2, 0.25) is 10.0 Å². The second-order valence-corrected chi connectivity index (χ2v) is 14.8. The van der Waals surface area contributed by atoms with E-state index in [0.29, 0.717) is 35.6 Å². The number of carbonyl (C=O) groups excluding carboxylic acids is 1. The monoisotopic (exact) mass is 644 g/mol. The predicted molar refractivity (Wildman–Crippen MR) is 174 cm³/mol. The second kappa shape index (κ2) is 14.7. The largest absolute Gasteiger partial charge is 0.487 e. The van der Waals surface area contributed by atoms with Gasteiger partial charge in [-0.3, -0.25) is 4.79 Å². The standard InChI is InChI=1S/C34H45ClN2O6S/c1-23-7-6-9-31(42-3)29-14-11-26(29)21-37-17-5-4-8-24-19-28(35)13-10-27(24)22-43-32-15-12-25(20-30(32)37)34(38)36-44(39,40)33(23)16-18-41-2/h6,9-10,12-13,15,19-20,23,26,29,31,33H,4-5,7-8,11,14,16-18,21-22H2,1-3H3,(H,36,38)/b9-6+/t23-,26-,29+,31-,33-/m0/s1. The summed E-state index contributed by atoms with van der Waals surface area (Å²) in [4.78, 5) is 15.9. The molecule has 0 spiro atoms. The number of nitrogens with zero attached hydrogens (tertiary/aromatic N) is 1. The van der Waals surface area contributed by atoms with Gasteiger partial charge in [-0.1, -0.05) is 36.7 Å². The minimum atomic E-state index is -4.00. The van der Waals surface area contributed by atoms with Gasteiger partial charge in [0.25, 0.3) is 5.91 Å². The molecule has 1 fully saturated rings. The fraction of sp³-hybridized carbons (Fsp3) is 0.559. The minimum absolute atomic E-state index is 0.0483. The summed E-state index contributed by atoms with van der Waals surface area (Å²) in [5.41, 5.74) is 3.36. The number of anilines is 1. The summed E-state index contributed by atoms with van der Waals surface area (Å²) in [5.74, 6) is 0.562. The number of aryl methyl sites for hydroxylation is 1. The molecule has 1 aliphatic carbocycles. The van der Waals surface area contributed by atoms with Crippen LogP contribution in [-0.2, 0) is 32.5 Å². The highest BCUT2D eigenvalue weighted by molar-refractivity contribution is 7.90. The molecular formula is C34H45ClN2O6S. The average molecular weight is 645 g/mol. The number of halogens is 1. The molecular weight excluding hydrogens is 600 g/mol. The Kier molecular flexibility index (Phi) is 10.9. The molecule has 1 amide bonds. The zero-order valence-corrected chi connectivity index (χ0v) is 27.5. The van der Waals surface area contributed by atoms with Crippen LogP contribution in [-0.4, -0.2) is 59.6 Å². The molecule has 2 bridgehead atoms. The van der Waals surface area contributed by atoms with Crippen LogP contribution >= 0.6 is 11.6 Å². The number of ether oxygens (including phenoxy) is 3. The number of rotatable bonds is 4. The maximum Gasteiger partial charge on any atom is 0.264 e. The van der Waals surface area contributed by atoms with Gasteiger partial charge in [-0.15, -0.1) is 0 Å². The quantitative estimate of drug-likeness (QED) is 0.398. The van der Waals surface area contributed by atoms with Gasteiger partial charge in [0.05, 0.1) is 17.0 Å². The van der Waals surface area contributed by atoms with Crippen molar-refractivity contribution in [3.63, 3.8) is 0 Å². The highest BCUT2D eigenvalue weighted by Gasteiger charge is 2.38. The van der Waals surface area contributed by atoms with Crippen molar-refractivity contribution < 1.29 is 27.4 Å². The SMILES string of the molecule is COCC[C@H]1[C@@H](C)C/C=C/[C@H](OC)[C@@H]2CC[C@H]2CN2CCCCc3cc(Cl)ccc3COc3ccc(cc32)C(=O)NS1(=O)=O. The first-order valence-corrected chi connectivity index (χ1v) is 17.7. The van der Waals surface area contributed by atoms with Crippen LogP contribution in [0.25, 0.3) is 0 Å². The Labute approximate surface area is 267 Å². The van der Waals surface area contributed by atoms with Gasteiger partial charge in [-0.25, -0.2) is 13.1 Å². The number of allylic oxidation sites excluding steroid dienone is 1. The van der Waals surface area contributed by atoms with Crippen LogP contribution < -0.4 is 14.4 Å². The summed E-state index contributed by atoms with van der Waals surface area (Å²) in [6.07, 6.45) is 9.93. The lowest BCUT2D eigenvalue weighted by Gasteiger charge is -2.43. The smallest absolute Gasteiger partial charge is 0.264 e. The van der Waals surface area contributed by atoms with E-state index in [1.807, 2.05) is 31.2 Å². The zero-order chi connectivity index (χ0) is 31.3. The third-order valence-corrected chi connectivity index (χ3v) is 11.8. The predicted octanol–water partition coefficient (Wildman–Crippen LogP) is 6.16. The van der Waals surface area contributed by atoms with Crippen molar-refractivity contribution in [3.05, 3.63) is 70.3 Å². The molecule has 0 aromatic heterocycles. The third-order valence-electron chi connectivity index (χ3n) is 9.57. The van der Waals surface area contributed by atoms with E-state index >= 15 is 0 Å². The normalized spacial score (nSPS) is 28.2. The molecule has 0 unspecified atom stereocenters. The molecule has 1 N–H and O–H groups in total. The Balaban J connectivity index is 1.55. The van der Waals surface area contributed by atoms with E-state index in [1.54, 1.807) is 32.4 Å². The topological polar surface area (TPSA) is 94.2 Å². The van der Waals surface area contributed by atoms with Crippen molar-refractivity contribution in [1.82, 2.24) is 4.72 Å². The van der Waals surface area contributed by atoms with Gasteiger partial charge in [-0.05, 0) is 104 Å². The van der Waals surface area contributed by atoms with Crippen molar-refractivity contribution in [2.24, 2.45) is 17.8 Å². The zero-order valence-electron chi connectivity index (χ0n) is 26.0. The van der Waals surface area contributed by atoms with Crippen LogP contribution in [0.2, 0.25) is 5.02 Å². The summed E-state index contributed by atoms with van der Waals surface area (Å²) in [7, 11) is -0.697. The van der Waals surface area contributed by atoms with Crippen molar-refractivity contribution >= 4 is 33.2 Å². The van der Waals surface area contributed by atoms with E-state index in [4.69, 9.17) is 25.8 Å². The lowest BCUT2D eigenvalue weighted by molar-refractivity contribution is 0.0134. The highest BCUT2D eigenvalue weighted by atomic mass is 35.5. The molecule has 2 heterocycles. The Morgan fingerprint density at radius 1 is 1.09 bits per heavy atom. The molecule has 2 aromatic rings. The maximum absolute atomic E-state index is 13.6. The molecule has 10 heteroatoms. The van der Waals surface area contributed by atoms with Crippen LogP contribution in [0.15, 0.2) is 48.6 Å². The molecule has 1 saturated carbocycles. The minimum Gasteiger partial charge on any atom is -0.487 e. The third kappa shape index (κ3) is 7.61. The lowest BCUT2D eigenvalue weighted by Crippen LogP contribution is -2.44. The number of hydrogen-bond donors (Lipinski definition) is 1. The molecule has 44 heavy (non-hydrogen) atoms. The first kappa shape index (κ1) is 32.8. The average Bonchev–Trinajstić information content (AvgIpc) is 3.01. The Bertz CT molecular complexity index is 1450. The fourth-order valence-corrected chi connectivity index (χ4v) is 8.69. The molecule has 0 radical (unpaired) electrons. The van der Waals surface area contributed by atoms with Crippen molar-refractivity contribution in [2.75, 3.05) is 38.8 Å². The number of carbonyl (C=O) groups is 1. The summed E-state index contributed by atoms with van der Waals surface area (Å²) in [5, 5.41) is -0.0815. The number of amides is 1. The molecule has 5 rings (SSSR count). The summed E-state index contributed by atoms with van der Waals surface area (Å²) in [6.45, 7) is 4.13. The van der Waals surface area contributed by atoms with Crippen LogP contribution in [0.3, 0.4) is 0 Å². The molecule has 5 atom stereocenters. The lowest BCUT2D eigenvalue weighted by atomic mass is 9.70. The van der Waals surface area contributed by atoms with Gasteiger partial charge >= 0.3 is 0 Å². The second-order valence-electron chi connectivity index (χ2n) is 12.4. The van der Waals surface area contributed by atoms with Crippen molar-refractivity contribution in [1.29, 1.82) is 0 Å². The van der Waals surface area contributed by atoms with E-state index in [2.05, 4.69) is 15.7 Å². The molecule has 0 saturated heterocycles. The number of fused-ring (bicyclic) bond motifs is 3. The summed E-state index contributed by atoms with van der Waals surface area (Å²) in [6, 6.07) is 11.2. The molecule has 3 aliphatic rings. The molecule has 2 aliphatic heterocycles. The summed E-state index contributed by atoms with van der Waals surface area (Å²) >= 11 is 6.33. The maximum atomic E-state index is 13.6. The fourth-order valence-electron chi connectivity index (χ4n) is 6.84. The van der Waals surface area contributed by atoms with Crippen molar-refractivity contribution in [3.8, 4) is 5.75 Å². The number of benzene rings is 2. The van der Waals surface area contributed by atoms with Crippen LogP contribution in [0.5, 0.6) is 5.75 Å². The van der Waals surface area contributed by atoms with Gasteiger partial charge < -0.3 is 19.1 Å². The van der Waals surface area contributed by atoms with Crippen LogP contribution in [0, 0.1) is 17.8 Å². The molecule has 240 valence electrons. The molecule has 2 aromatic carbocycles. The number of sulfonamides is 1. The van der Waals surface area contributed by atoms with Crippen molar-refractivity contribution in [2.45, 2.75) is 69.8 Å². The first-order chi connectivity index (χ1) is 21.2. The number of methoxy groups -OCH3 is 2. The number of hydrogen-bond acceptors (Lipinski definition) is 7. The van der Waals surface area contributed by atoms with Crippen LogP contribution in [0.4, 0.5) is 5.69 Å². The van der Waals surface area contributed by atoms with Crippen LogP contribution in [0.1, 0.15) is 66.9 Å². The van der Waals surface area contributed by atoms with E-state index in [1.165, 1.54) is 5.56 Å². The van der Waals surface area contributed by atoms with Gasteiger partial charge in [0.15, 0.2) is 0 Å².